The molecular weight excluding hydrogens is 449 g/mol. The highest BCUT2D eigenvalue weighted by Crippen LogP contribution is 2.28. The molecule has 1 fully saturated rings. The summed E-state index contributed by atoms with van der Waals surface area (Å²) in [4.78, 5) is 11.3. The molecule has 2 aromatic rings. The largest absolute Gasteiger partial charge is 0.490 e. The van der Waals surface area contributed by atoms with Gasteiger partial charge in [-0.3, -0.25) is 9.58 Å². The Labute approximate surface area is 184 Å². The molecule has 1 aromatic heterocycles. The summed E-state index contributed by atoms with van der Waals surface area (Å²) in [5, 5.41) is 11.4. The molecule has 0 saturated heterocycles. The molecule has 2 N–H and O–H groups in total. The van der Waals surface area contributed by atoms with Crippen molar-refractivity contribution in [3.05, 3.63) is 53.9 Å². The summed E-state index contributed by atoms with van der Waals surface area (Å²) in [5.74, 6) is -2.76. The van der Waals surface area contributed by atoms with Crippen molar-refractivity contribution < 1.29 is 31.5 Å². The van der Waals surface area contributed by atoms with Crippen LogP contribution in [0.2, 0.25) is 0 Å². The topological polar surface area (TPSA) is 105 Å². The first kappa shape index (κ1) is 24.2. The minimum atomic E-state index is -5.08. The molecule has 0 radical (unpaired) electrons. The van der Waals surface area contributed by atoms with Gasteiger partial charge in [0.2, 0.25) is 10.0 Å². The Hall–Kier alpha value is -2.44. The minimum Gasteiger partial charge on any atom is -0.475 e. The van der Waals surface area contributed by atoms with Crippen LogP contribution in [0.5, 0.6) is 0 Å². The van der Waals surface area contributed by atoms with Crippen LogP contribution in [-0.4, -0.2) is 65.2 Å². The third-order valence-corrected chi connectivity index (χ3v) is 7.16. The predicted molar refractivity (Wildman–Crippen MR) is 110 cm³/mol. The molecule has 2 heterocycles. The van der Waals surface area contributed by atoms with Crippen LogP contribution in [0, 0.1) is 0 Å². The van der Waals surface area contributed by atoms with Crippen molar-refractivity contribution in [1.82, 2.24) is 19.4 Å². The van der Waals surface area contributed by atoms with E-state index in [1.165, 1.54) is 5.56 Å². The number of aromatic nitrogens is 2. The van der Waals surface area contributed by atoms with Gasteiger partial charge in [-0.15, -0.1) is 0 Å². The number of sulfonamides is 1. The number of alkyl halides is 3. The zero-order valence-electron chi connectivity index (χ0n) is 17.2. The molecule has 12 heteroatoms. The quantitative estimate of drug-likeness (QED) is 0.638. The lowest BCUT2D eigenvalue weighted by Gasteiger charge is -2.34. The third kappa shape index (κ3) is 6.78. The second kappa shape index (κ2) is 10.0. The van der Waals surface area contributed by atoms with E-state index in [4.69, 9.17) is 9.90 Å². The van der Waals surface area contributed by atoms with Crippen LogP contribution in [0.3, 0.4) is 0 Å². The van der Waals surface area contributed by atoms with Crippen molar-refractivity contribution in [2.24, 2.45) is 0 Å². The van der Waals surface area contributed by atoms with Gasteiger partial charge in [0, 0.05) is 32.4 Å². The molecule has 1 unspecified atom stereocenters. The Kier molecular flexibility index (Phi) is 7.57. The van der Waals surface area contributed by atoms with Crippen molar-refractivity contribution in [3.8, 4) is 0 Å². The second-order valence-corrected chi connectivity index (χ2v) is 9.83. The lowest BCUT2D eigenvalue weighted by Crippen LogP contribution is -2.44. The number of hydrogen-bond acceptors (Lipinski definition) is 5. The van der Waals surface area contributed by atoms with Crippen LogP contribution >= 0.6 is 0 Å². The average molecular weight is 475 g/mol. The predicted octanol–water partition coefficient (Wildman–Crippen LogP) is 2.20. The number of nitrogens with zero attached hydrogens (tertiary/aromatic N) is 3. The van der Waals surface area contributed by atoms with Gasteiger partial charge in [-0.2, -0.15) is 18.3 Å². The molecule has 1 saturated carbocycles. The Morgan fingerprint density at radius 3 is 2.44 bits per heavy atom. The second-order valence-electron chi connectivity index (χ2n) is 7.79. The van der Waals surface area contributed by atoms with Gasteiger partial charge in [0.25, 0.3) is 0 Å². The van der Waals surface area contributed by atoms with Gasteiger partial charge in [0.05, 0.1) is 17.0 Å². The highest BCUT2D eigenvalue weighted by molar-refractivity contribution is 7.90. The summed E-state index contributed by atoms with van der Waals surface area (Å²) in [6.45, 7) is 3.05. The number of fused-ring (bicyclic) bond motifs is 1. The van der Waals surface area contributed by atoms with Crippen LogP contribution in [0.25, 0.3) is 0 Å². The first-order valence-corrected chi connectivity index (χ1v) is 11.7. The van der Waals surface area contributed by atoms with E-state index >= 15 is 0 Å². The average Bonchev–Trinajstić information content (AvgIpc) is 3.50. The summed E-state index contributed by atoms with van der Waals surface area (Å²) in [6.07, 6.45) is -0.708. The maximum atomic E-state index is 12.1. The van der Waals surface area contributed by atoms with Crippen LogP contribution in [0.15, 0.2) is 42.6 Å². The van der Waals surface area contributed by atoms with E-state index in [1.54, 1.807) is 6.20 Å². The van der Waals surface area contributed by atoms with Crippen molar-refractivity contribution in [1.29, 1.82) is 0 Å². The maximum Gasteiger partial charge on any atom is 0.490 e. The molecule has 0 bridgehead atoms. The zero-order chi connectivity index (χ0) is 23.4. The number of carboxylic acid groups (broad SMARTS) is 1. The van der Waals surface area contributed by atoms with Gasteiger partial charge >= 0.3 is 12.1 Å². The Morgan fingerprint density at radius 1 is 1.19 bits per heavy atom. The summed E-state index contributed by atoms with van der Waals surface area (Å²) in [6, 6.07) is 12.5. The summed E-state index contributed by atoms with van der Waals surface area (Å²) in [5.41, 5.74) is 2.47. The molecule has 32 heavy (non-hydrogen) atoms. The lowest BCUT2D eigenvalue weighted by molar-refractivity contribution is -0.192. The van der Waals surface area contributed by atoms with E-state index in [1.807, 2.05) is 16.8 Å². The molecule has 1 aliphatic heterocycles. The number of benzene rings is 1. The molecule has 4 rings (SSSR count). The summed E-state index contributed by atoms with van der Waals surface area (Å²) in [7, 11) is -3.15. The highest BCUT2D eigenvalue weighted by atomic mass is 32.2. The maximum absolute atomic E-state index is 12.1. The number of aliphatic carboxylic acids is 1. The fourth-order valence-corrected chi connectivity index (χ4v) is 4.84. The number of nitrogens with one attached hydrogen (secondary N) is 1. The van der Waals surface area contributed by atoms with Gasteiger partial charge in [0.1, 0.15) is 0 Å². The van der Waals surface area contributed by atoms with E-state index < -0.39 is 22.2 Å². The SMILES string of the molecule is O=C(O)C(F)(F)F.O=S(=O)(NCC1CN(CCc2ccccc2)Cc2ccnn21)C1CC1. The van der Waals surface area contributed by atoms with Crippen molar-refractivity contribution >= 4 is 16.0 Å². The molecule has 1 atom stereocenters. The summed E-state index contributed by atoms with van der Waals surface area (Å²) < 4.78 is 60.8. The fraction of sp³-hybridized carbons (Fsp3) is 0.500. The zero-order valence-corrected chi connectivity index (χ0v) is 18.0. The summed E-state index contributed by atoms with van der Waals surface area (Å²) >= 11 is 0. The number of rotatable bonds is 7. The molecule has 176 valence electrons. The van der Waals surface area contributed by atoms with Crippen LogP contribution in [-0.2, 0) is 27.8 Å². The normalized spacial score (nSPS) is 19.0. The molecule has 0 spiro atoms. The number of carboxylic acids is 1. The molecule has 8 nitrogen and oxygen atoms in total. The Morgan fingerprint density at radius 2 is 1.84 bits per heavy atom. The van der Waals surface area contributed by atoms with Gasteiger partial charge in [0.15, 0.2) is 0 Å². The standard InChI is InChI=1S/C18H24N4O2S.C2HF3O2/c23-25(24,18-6-7-18)20-12-17-14-21(13-16-8-10-19-22(16)17)11-9-15-4-2-1-3-5-15;3-2(4,5)1(6)7/h1-5,8,10,17-18,20H,6-7,9,11-14H2;(H,6,7). The Balaban J connectivity index is 0.000000360. The first-order chi connectivity index (χ1) is 15.1. The van der Waals surface area contributed by atoms with Crippen LogP contribution in [0.4, 0.5) is 13.2 Å². The Bertz CT molecular complexity index is 1010. The molecule has 1 aromatic carbocycles. The van der Waals surface area contributed by atoms with E-state index in [0.29, 0.717) is 6.54 Å². The highest BCUT2D eigenvalue weighted by Gasteiger charge is 2.38. The monoisotopic (exact) mass is 474 g/mol. The number of hydrogen-bond donors (Lipinski definition) is 2. The van der Waals surface area contributed by atoms with Crippen molar-refractivity contribution in [3.63, 3.8) is 0 Å². The van der Waals surface area contributed by atoms with Gasteiger partial charge in [-0.25, -0.2) is 17.9 Å². The van der Waals surface area contributed by atoms with E-state index in [-0.39, 0.29) is 11.3 Å². The van der Waals surface area contributed by atoms with E-state index in [9.17, 15) is 21.6 Å². The smallest absolute Gasteiger partial charge is 0.475 e. The van der Waals surface area contributed by atoms with Gasteiger partial charge in [-0.05, 0) is 30.9 Å². The first-order valence-electron chi connectivity index (χ1n) is 10.1. The van der Waals surface area contributed by atoms with Gasteiger partial charge < -0.3 is 5.11 Å². The number of carbonyl (C=O) groups is 1. The molecule has 0 amide bonds. The number of halogens is 3. The molecule has 2 aliphatic rings. The van der Waals surface area contributed by atoms with E-state index in [2.05, 4.69) is 39.0 Å². The molecular formula is C20H25F3N4O4S. The van der Waals surface area contributed by atoms with E-state index in [0.717, 1.165) is 44.6 Å². The fourth-order valence-electron chi connectivity index (χ4n) is 3.43. The van der Waals surface area contributed by atoms with Crippen LogP contribution < -0.4 is 4.72 Å². The molecule has 1 aliphatic carbocycles. The third-order valence-electron chi connectivity index (χ3n) is 5.24. The van der Waals surface area contributed by atoms with Crippen molar-refractivity contribution in [2.75, 3.05) is 19.6 Å². The lowest BCUT2D eigenvalue weighted by atomic mass is 10.1. The van der Waals surface area contributed by atoms with Crippen LogP contribution in [0.1, 0.15) is 30.1 Å². The minimum absolute atomic E-state index is 0.0445. The van der Waals surface area contributed by atoms with Crippen molar-refractivity contribution in [2.45, 2.75) is 43.3 Å². The van der Waals surface area contributed by atoms with Gasteiger partial charge in [-0.1, -0.05) is 30.3 Å².